The van der Waals surface area contributed by atoms with Crippen molar-refractivity contribution >= 4 is 27.3 Å². The quantitative estimate of drug-likeness (QED) is 0.691. The summed E-state index contributed by atoms with van der Waals surface area (Å²) in [6.07, 6.45) is 0.442. The van der Waals surface area contributed by atoms with E-state index in [1.807, 2.05) is 45.0 Å². The standard InChI is InChI=1S/C22H26ClNO4S/c1-15-9-16(2)22(17(3)10-15)28-13-21(25)24(20-7-8-29(26,27)14-20)12-18-5-4-6-19(23)11-18/h4-6,9-11,20H,7-8,12-14H2,1-3H3. The summed E-state index contributed by atoms with van der Waals surface area (Å²) in [4.78, 5) is 14.7. The summed E-state index contributed by atoms with van der Waals surface area (Å²) in [7, 11) is -3.12. The molecular weight excluding hydrogens is 410 g/mol. The lowest BCUT2D eigenvalue weighted by atomic mass is 10.1. The molecule has 156 valence electrons. The van der Waals surface area contributed by atoms with E-state index >= 15 is 0 Å². The van der Waals surface area contributed by atoms with E-state index in [2.05, 4.69) is 0 Å². The van der Waals surface area contributed by atoms with Gasteiger partial charge in [-0.1, -0.05) is 41.4 Å². The SMILES string of the molecule is Cc1cc(C)c(OCC(=O)N(Cc2cccc(Cl)c2)C2CCS(=O)(=O)C2)c(C)c1. The van der Waals surface area contributed by atoms with Crippen molar-refractivity contribution in [3.8, 4) is 5.75 Å². The molecule has 0 aromatic heterocycles. The first-order valence-corrected chi connectivity index (χ1v) is 11.8. The van der Waals surface area contributed by atoms with Gasteiger partial charge >= 0.3 is 0 Å². The summed E-state index contributed by atoms with van der Waals surface area (Å²) < 4.78 is 29.8. The van der Waals surface area contributed by atoms with Crippen LogP contribution in [0.25, 0.3) is 0 Å². The summed E-state index contributed by atoms with van der Waals surface area (Å²) in [6.45, 7) is 6.08. The van der Waals surface area contributed by atoms with E-state index in [0.29, 0.717) is 23.7 Å². The number of aryl methyl sites for hydroxylation is 3. The van der Waals surface area contributed by atoms with Gasteiger partial charge in [-0.25, -0.2) is 8.42 Å². The second kappa shape index (κ2) is 8.76. The highest BCUT2D eigenvalue weighted by molar-refractivity contribution is 7.91. The van der Waals surface area contributed by atoms with Gasteiger partial charge in [-0.15, -0.1) is 0 Å². The fourth-order valence-electron chi connectivity index (χ4n) is 3.89. The molecule has 1 aliphatic heterocycles. The van der Waals surface area contributed by atoms with Crippen molar-refractivity contribution in [2.24, 2.45) is 0 Å². The molecule has 1 saturated heterocycles. The monoisotopic (exact) mass is 435 g/mol. The van der Waals surface area contributed by atoms with Crippen LogP contribution in [0, 0.1) is 20.8 Å². The molecule has 7 heteroatoms. The number of hydrogen-bond acceptors (Lipinski definition) is 4. The number of benzene rings is 2. The first-order chi connectivity index (χ1) is 13.6. The van der Waals surface area contributed by atoms with Gasteiger partial charge < -0.3 is 9.64 Å². The number of sulfone groups is 1. The van der Waals surface area contributed by atoms with Crippen LogP contribution in [0.1, 0.15) is 28.7 Å². The minimum atomic E-state index is -3.12. The zero-order valence-corrected chi connectivity index (χ0v) is 18.5. The number of carbonyl (C=O) groups excluding carboxylic acids is 1. The van der Waals surface area contributed by atoms with Crippen molar-refractivity contribution in [2.75, 3.05) is 18.1 Å². The molecule has 0 N–H and O–H groups in total. The van der Waals surface area contributed by atoms with Gasteiger partial charge in [0, 0.05) is 17.6 Å². The summed E-state index contributed by atoms with van der Waals surface area (Å²) >= 11 is 6.08. The third-order valence-corrected chi connectivity index (χ3v) is 7.14. The van der Waals surface area contributed by atoms with E-state index < -0.39 is 9.84 Å². The summed E-state index contributed by atoms with van der Waals surface area (Å²) in [6, 6.07) is 10.9. The predicted molar refractivity (Wildman–Crippen MR) is 115 cm³/mol. The van der Waals surface area contributed by atoms with Gasteiger partial charge in [0.25, 0.3) is 5.91 Å². The lowest BCUT2D eigenvalue weighted by Gasteiger charge is -2.29. The minimum Gasteiger partial charge on any atom is -0.483 e. The van der Waals surface area contributed by atoms with Crippen molar-refractivity contribution in [1.82, 2.24) is 4.90 Å². The van der Waals surface area contributed by atoms with Gasteiger partial charge in [-0.05, 0) is 56.0 Å². The third kappa shape index (κ3) is 5.52. The largest absolute Gasteiger partial charge is 0.483 e. The molecule has 3 rings (SSSR count). The molecule has 2 aromatic carbocycles. The molecule has 1 fully saturated rings. The van der Waals surface area contributed by atoms with E-state index in [1.54, 1.807) is 17.0 Å². The zero-order chi connectivity index (χ0) is 21.2. The molecule has 0 spiro atoms. The van der Waals surface area contributed by atoms with Crippen molar-refractivity contribution in [3.05, 3.63) is 63.7 Å². The molecule has 0 radical (unpaired) electrons. The Kier molecular flexibility index (Phi) is 6.54. The molecule has 1 amide bonds. The molecule has 1 unspecified atom stereocenters. The maximum absolute atomic E-state index is 13.1. The number of nitrogens with zero attached hydrogens (tertiary/aromatic N) is 1. The van der Waals surface area contributed by atoms with Gasteiger partial charge in [-0.2, -0.15) is 0 Å². The highest BCUT2D eigenvalue weighted by Crippen LogP contribution is 2.26. The third-order valence-electron chi connectivity index (χ3n) is 5.16. The van der Waals surface area contributed by atoms with E-state index in [0.717, 1.165) is 22.3 Å². The second-order valence-electron chi connectivity index (χ2n) is 7.72. The fourth-order valence-corrected chi connectivity index (χ4v) is 5.83. The molecule has 29 heavy (non-hydrogen) atoms. The summed E-state index contributed by atoms with van der Waals surface area (Å²) in [5.74, 6) is 0.563. The van der Waals surface area contributed by atoms with Gasteiger partial charge in [0.2, 0.25) is 0 Å². The highest BCUT2D eigenvalue weighted by atomic mass is 35.5. The average molecular weight is 436 g/mol. The lowest BCUT2D eigenvalue weighted by Crippen LogP contribution is -2.43. The van der Waals surface area contributed by atoms with Gasteiger partial charge in [0.1, 0.15) is 5.75 Å². The first kappa shape index (κ1) is 21.7. The molecule has 1 aliphatic rings. The average Bonchev–Trinajstić information content (AvgIpc) is 2.98. The molecule has 0 saturated carbocycles. The van der Waals surface area contributed by atoms with Crippen LogP contribution in [0.15, 0.2) is 36.4 Å². The van der Waals surface area contributed by atoms with Crippen LogP contribution in [0.3, 0.4) is 0 Å². The van der Waals surface area contributed by atoms with E-state index in [-0.39, 0.29) is 30.1 Å². The minimum absolute atomic E-state index is 0.0120. The Morgan fingerprint density at radius 3 is 2.45 bits per heavy atom. The Bertz CT molecular complexity index is 996. The van der Waals surface area contributed by atoms with E-state index in [9.17, 15) is 13.2 Å². The Labute approximate surface area is 177 Å². The number of hydrogen-bond donors (Lipinski definition) is 0. The number of halogens is 1. The molecule has 0 aliphatic carbocycles. The molecule has 1 heterocycles. The van der Waals surface area contributed by atoms with Crippen molar-refractivity contribution in [3.63, 3.8) is 0 Å². The summed E-state index contributed by atoms with van der Waals surface area (Å²) in [5, 5.41) is 0.580. The van der Waals surface area contributed by atoms with Crippen LogP contribution in [-0.4, -0.2) is 43.4 Å². The molecule has 1 atom stereocenters. The highest BCUT2D eigenvalue weighted by Gasteiger charge is 2.35. The van der Waals surface area contributed by atoms with E-state index in [4.69, 9.17) is 16.3 Å². The lowest BCUT2D eigenvalue weighted by molar-refractivity contribution is -0.136. The number of amides is 1. The van der Waals surface area contributed by atoms with Gasteiger partial charge in [0.15, 0.2) is 16.4 Å². The van der Waals surface area contributed by atoms with Gasteiger partial charge in [0.05, 0.1) is 11.5 Å². The number of rotatable bonds is 6. The summed E-state index contributed by atoms with van der Waals surface area (Å²) in [5.41, 5.74) is 3.94. The first-order valence-electron chi connectivity index (χ1n) is 9.59. The second-order valence-corrected chi connectivity index (χ2v) is 10.4. The molecular formula is C22H26ClNO4S. The van der Waals surface area contributed by atoms with Gasteiger partial charge in [-0.3, -0.25) is 4.79 Å². The normalized spacial score (nSPS) is 17.9. The Balaban J connectivity index is 1.79. The van der Waals surface area contributed by atoms with Crippen molar-refractivity contribution in [2.45, 2.75) is 39.8 Å². The maximum atomic E-state index is 13.1. The number of carbonyl (C=O) groups is 1. The molecule has 0 bridgehead atoms. The predicted octanol–water partition coefficient (Wildman–Crippen LogP) is 3.86. The van der Waals surface area contributed by atoms with Crippen LogP contribution in [-0.2, 0) is 21.2 Å². The maximum Gasteiger partial charge on any atom is 0.261 e. The van der Waals surface area contributed by atoms with Crippen LogP contribution in [0.4, 0.5) is 0 Å². The van der Waals surface area contributed by atoms with Crippen LogP contribution >= 0.6 is 11.6 Å². The van der Waals surface area contributed by atoms with Crippen molar-refractivity contribution < 1.29 is 17.9 Å². The fraction of sp³-hybridized carbons (Fsp3) is 0.409. The van der Waals surface area contributed by atoms with Crippen LogP contribution < -0.4 is 4.74 Å². The number of ether oxygens (including phenoxy) is 1. The van der Waals surface area contributed by atoms with E-state index in [1.165, 1.54) is 0 Å². The zero-order valence-electron chi connectivity index (χ0n) is 16.9. The molecule has 5 nitrogen and oxygen atoms in total. The topological polar surface area (TPSA) is 63.7 Å². The Hall–Kier alpha value is -2.05. The van der Waals surface area contributed by atoms with Crippen LogP contribution in [0.2, 0.25) is 5.02 Å². The molecule has 2 aromatic rings. The van der Waals surface area contributed by atoms with Crippen molar-refractivity contribution in [1.29, 1.82) is 0 Å². The van der Waals surface area contributed by atoms with Crippen LogP contribution in [0.5, 0.6) is 5.75 Å². The Morgan fingerprint density at radius 2 is 1.86 bits per heavy atom. The Morgan fingerprint density at radius 1 is 1.17 bits per heavy atom. The smallest absolute Gasteiger partial charge is 0.261 e.